The Morgan fingerprint density at radius 3 is 2.85 bits per heavy atom. The van der Waals surface area contributed by atoms with E-state index in [0.29, 0.717) is 12.3 Å². The minimum absolute atomic E-state index is 0. The molecule has 1 saturated heterocycles. The second-order valence-corrected chi connectivity index (χ2v) is 6.70. The fourth-order valence-corrected chi connectivity index (χ4v) is 3.79. The number of hydrogen-bond acceptors (Lipinski definition) is 5. The predicted molar refractivity (Wildman–Crippen MR) is 94.2 cm³/mol. The van der Waals surface area contributed by atoms with E-state index in [0.717, 1.165) is 37.0 Å². The first kappa shape index (κ1) is 18.1. The average molecular weight is 395 g/mol. The van der Waals surface area contributed by atoms with Crippen molar-refractivity contribution in [2.45, 2.75) is 25.3 Å². The number of rotatable bonds is 3. The molecule has 2 atom stereocenters. The quantitative estimate of drug-likeness (QED) is 0.683. The molecule has 0 unspecified atom stereocenters. The van der Waals surface area contributed by atoms with Gasteiger partial charge in [0, 0.05) is 36.8 Å². The Morgan fingerprint density at radius 1 is 1.19 bits per heavy atom. The molecule has 4 heterocycles. The van der Waals surface area contributed by atoms with Crippen LogP contribution in [0.1, 0.15) is 17.3 Å². The largest absolute Gasteiger partial charge is 0.472 e. The Labute approximate surface area is 160 Å². The zero-order chi connectivity index (χ0) is 17.7. The van der Waals surface area contributed by atoms with Gasteiger partial charge in [-0.3, -0.25) is 4.90 Å². The van der Waals surface area contributed by atoms with Crippen molar-refractivity contribution in [2.24, 2.45) is 0 Å². The first-order valence-electron chi connectivity index (χ1n) is 8.43. The van der Waals surface area contributed by atoms with E-state index in [1.165, 1.54) is 12.1 Å². The number of fused-ring (bicyclic) bond motifs is 3. The van der Waals surface area contributed by atoms with Gasteiger partial charge in [-0.2, -0.15) is 0 Å². The Morgan fingerprint density at radius 2 is 2.07 bits per heavy atom. The van der Waals surface area contributed by atoms with E-state index in [4.69, 9.17) is 9.15 Å². The molecule has 3 aromatic rings. The summed E-state index contributed by atoms with van der Waals surface area (Å²) in [7, 11) is 0. The van der Waals surface area contributed by atoms with Crippen LogP contribution in [0, 0.1) is 11.6 Å². The highest BCUT2D eigenvalue weighted by Gasteiger charge is 2.40. The van der Waals surface area contributed by atoms with E-state index in [9.17, 15) is 8.78 Å². The molecule has 0 amide bonds. The number of furan rings is 1. The number of hydrogen-bond donors (Lipinski definition) is 0. The molecule has 1 aromatic carbocycles. The second-order valence-electron chi connectivity index (χ2n) is 6.70. The maximum atomic E-state index is 14.2. The van der Waals surface area contributed by atoms with E-state index in [2.05, 4.69) is 15.2 Å². The highest BCUT2D eigenvalue weighted by molar-refractivity contribution is 5.85. The molecule has 0 spiro atoms. The summed E-state index contributed by atoms with van der Waals surface area (Å²) in [5, 5.41) is 8.41. The smallest absolute Gasteiger partial charge is 0.135 e. The number of likely N-dealkylation sites (tertiary alicyclic amines) is 1. The number of benzene rings is 1. The summed E-state index contributed by atoms with van der Waals surface area (Å²) in [4.78, 5) is 2.27. The van der Waals surface area contributed by atoms with Crippen LogP contribution >= 0.6 is 12.4 Å². The first-order valence-corrected chi connectivity index (χ1v) is 8.43. The van der Waals surface area contributed by atoms with E-state index < -0.39 is 11.6 Å². The second kappa shape index (κ2) is 7.03. The third kappa shape index (κ3) is 3.13. The van der Waals surface area contributed by atoms with Gasteiger partial charge in [0.2, 0.25) is 0 Å². The van der Waals surface area contributed by atoms with Crippen molar-refractivity contribution in [1.82, 2.24) is 19.9 Å². The molecule has 0 bridgehead atoms. The monoisotopic (exact) mass is 394 g/mol. The number of aromatic nitrogens is 3. The van der Waals surface area contributed by atoms with Crippen molar-refractivity contribution in [2.75, 3.05) is 13.1 Å². The zero-order valence-corrected chi connectivity index (χ0v) is 15.0. The van der Waals surface area contributed by atoms with Gasteiger partial charge in [-0.1, -0.05) is 5.21 Å². The van der Waals surface area contributed by atoms with Crippen LogP contribution in [0.5, 0.6) is 0 Å². The van der Waals surface area contributed by atoms with Gasteiger partial charge < -0.3 is 9.15 Å². The van der Waals surface area contributed by atoms with Crippen molar-refractivity contribution in [1.29, 1.82) is 0 Å². The van der Waals surface area contributed by atoms with Crippen molar-refractivity contribution in [3.8, 4) is 11.3 Å². The first-order chi connectivity index (χ1) is 12.7. The lowest BCUT2D eigenvalue weighted by Gasteiger charge is -2.26. The van der Waals surface area contributed by atoms with Crippen molar-refractivity contribution in [3.05, 3.63) is 59.7 Å². The molecule has 9 heteroatoms. The Kier molecular flexibility index (Phi) is 4.71. The lowest BCUT2D eigenvalue weighted by atomic mass is 10.1. The molecular weight excluding hydrogens is 378 g/mol. The van der Waals surface area contributed by atoms with Crippen LogP contribution in [0.15, 0.2) is 41.2 Å². The fraction of sp³-hybridized carbons (Fsp3) is 0.333. The lowest BCUT2D eigenvalue weighted by Crippen LogP contribution is -2.32. The van der Waals surface area contributed by atoms with Crippen molar-refractivity contribution >= 4 is 12.4 Å². The summed E-state index contributed by atoms with van der Waals surface area (Å²) >= 11 is 0. The van der Waals surface area contributed by atoms with Crippen LogP contribution in [-0.2, 0) is 17.9 Å². The highest BCUT2D eigenvalue weighted by Crippen LogP contribution is 2.35. The highest BCUT2D eigenvalue weighted by atomic mass is 35.5. The van der Waals surface area contributed by atoms with E-state index >= 15 is 0 Å². The molecule has 0 saturated carbocycles. The number of nitrogens with zero attached hydrogens (tertiary/aromatic N) is 4. The Bertz CT molecular complexity index is 947. The molecule has 2 aliphatic rings. The summed E-state index contributed by atoms with van der Waals surface area (Å²) in [6.45, 7) is 2.63. The van der Waals surface area contributed by atoms with Crippen molar-refractivity contribution < 1.29 is 17.9 Å². The standard InChI is InChI=1S/C18H16F2N4O2.ClH/c19-12-1-2-13(14(20)5-12)18-16-10-26-17-8-23(6-11-3-4-25-9-11)7-15(17)24(16)22-21-18;/h1-5,9,15,17H,6-8,10H2;1H/t15-,17-;/m0./s1. The van der Waals surface area contributed by atoms with Gasteiger partial charge >= 0.3 is 0 Å². The topological polar surface area (TPSA) is 56.3 Å². The van der Waals surface area contributed by atoms with E-state index in [1.54, 1.807) is 12.5 Å². The predicted octanol–water partition coefficient (Wildman–Crippen LogP) is 3.19. The van der Waals surface area contributed by atoms with Gasteiger partial charge in [-0.15, -0.1) is 17.5 Å². The van der Waals surface area contributed by atoms with Gasteiger partial charge in [0.1, 0.15) is 17.3 Å². The summed E-state index contributed by atoms with van der Waals surface area (Å²) in [6, 6.07) is 5.44. The van der Waals surface area contributed by atoms with Crippen LogP contribution in [0.3, 0.4) is 0 Å². The molecule has 0 N–H and O–H groups in total. The minimum Gasteiger partial charge on any atom is -0.472 e. The van der Waals surface area contributed by atoms with Gasteiger partial charge in [-0.25, -0.2) is 13.5 Å². The molecule has 1 fully saturated rings. The summed E-state index contributed by atoms with van der Waals surface area (Å²) in [5.41, 5.74) is 2.48. The molecule has 6 nitrogen and oxygen atoms in total. The van der Waals surface area contributed by atoms with E-state index in [-0.39, 0.29) is 30.1 Å². The van der Waals surface area contributed by atoms with Gasteiger partial charge in [-0.05, 0) is 18.2 Å². The Hall–Kier alpha value is -2.29. The summed E-state index contributed by atoms with van der Waals surface area (Å²) in [5.74, 6) is -1.27. The fourth-order valence-electron chi connectivity index (χ4n) is 3.79. The normalized spacial score (nSPS) is 21.6. The Balaban J connectivity index is 0.00000180. The third-order valence-corrected chi connectivity index (χ3v) is 5.02. The van der Waals surface area contributed by atoms with Crippen LogP contribution < -0.4 is 0 Å². The molecule has 2 aliphatic heterocycles. The van der Waals surface area contributed by atoms with E-state index in [1.807, 2.05) is 10.7 Å². The average Bonchev–Trinajstić information content (AvgIpc) is 3.33. The molecule has 0 radical (unpaired) electrons. The minimum atomic E-state index is -0.650. The molecule has 0 aliphatic carbocycles. The lowest BCUT2D eigenvalue weighted by molar-refractivity contribution is -0.00495. The molecule has 5 rings (SSSR count). The summed E-state index contributed by atoms with van der Waals surface area (Å²) < 4.78 is 40.3. The van der Waals surface area contributed by atoms with Crippen LogP contribution in [-0.4, -0.2) is 39.1 Å². The maximum Gasteiger partial charge on any atom is 0.135 e. The van der Waals surface area contributed by atoms with Gasteiger partial charge in [0.25, 0.3) is 0 Å². The van der Waals surface area contributed by atoms with Crippen LogP contribution in [0.25, 0.3) is 11.3 Å². The number of halogens is 3. The number of ether oxygens (including phenoxy) is 1. The van der Waals surface area contributed by atoms with Gasteiger partial charge in [0.05, 0.1) is 37.0 Å². The van der Waals surface area contributed by atoms with Gasteiger partial charge in [0.15, 0.2) is 0 Å². The molecule has 142 valence electrons. The maximum absolute atomic E-state index is 14.2. The molecular formula is C18H17ClF2N4O2. The van der Waals surface area contributed by atoms with Crippen molar-refractivity contribution in [3.63, 3.8) is 0 Å². The third-order valence-electron chi connectivity index (χ3n) is 5.02. The molecule has 27 heavy (non-hydrogen) atoms. The summed E-state index contributed by atoms with van der Waals surface area (Å²) in [6.07, 6.45) is 3.41. The van der Waals surface area contributed by atoms with Crippen LogP contribution in [0.2, 0.25) is 0 Å². The zero-order valence-electron chi connectivity index (χ0n) is 14.2. The molecule has 2 aromatic heterocycles. The SMILES string of the molecule is Cl.Fc1ccc(-c2nnn3c2CO[C@H]2CN(Cc4ccoc4)C[C@@H]23)c(F)c1. The van der Waals surface area contributed by atoms with Crippen LogP contribution in [0.4, 0.5) is 8.78 Å².